The highest BCUT2D eigenvalue weighted by atomic mass is 35.5. The van der Waals surface area contributed by atoms with Crippen LogP contribution in [0, 0.1) is 6.92 Å². The molecule has 0 heterocycles. The van der Waals surface area contributed by atoms with Crippen molar-refractivity contribution in [2.45, 2.75) is 68.0 Å². The third kappa shape index (κ3) is 7.81. The topological polar surface area (TPSA) is 86.8 Å². The van der Waals surface area contributed by atoms with Gasteiger partial charge in [-0.3, -0.25) is 13.9 Å². The van der Waals surface area contributed by atoms with Crippen molar-refractivity contribution in [3.05, 3.63) is 87.9 Å². The monoisotopic (exact) mass is 647 g/mol. The quantitative estimate of drug-likeness (QED) is 0.234. The molecule has 1 aliphatic rings. The van der Waals surface area contributed by atoms with Gasteiger partial charge in [0.1, 0.15) is 12.6 Å². The summed E-state index contributed by atoms with van der Waals surface area (Å²) in [5.74, 6) is -0.812. The van der Waals surface area contributed by atoms with E-state index >= 15 is 0 Å². The molecule has 0 aromatic heterocycles. The molecule has 0 bridgehead atoms. The Labute approximate surface area is 262 Å². The average Bonchev–Trinajstić information content (AvgIpc) is 3.49. The van der Waals surface area contributed by atoms with Gasteiger partial charge in [-0.25, -0.2) is 8.42 Å². The lowest BCUT2D eigenvalue weighted by Gasteiger charge is -2.32. The van der Waals surface area contributed by atoms with Gasteiger partial charge in [0.25, 0.3) is 10.0 Å². The summed E-state index contributed by atoms with van der Waals surface area (Å²) in [6.45, 7) is 3.10. The first kappa shape index (κ1) is 32.2. The van der Waals surface area contributed by atoms with Crippen LogP contribution in [0.3, 0.4) is 0 Å². The van der Waals surface area contributed by atoms with Crippen LogP contribution in [0.2, 0.25) is 10.0 Å². The van der Waals surface area contributed by atoms with Crippen LogP contribution in [0.4, 0.5) is 5.69 Å². The van der Waals surface area contributed by atoms with Gasteiger partial charge in [-0.15, -0.1) is 11.8 Å². The number of aryl methyl sites for hydroxylation is 1. The van der Waals surface area contributed by atoms with Crippen molar-refractivity contribution >= 4 is 62.5 Å². The Kier molecular flexibility index (Phi) is 10.9. The summed E-state index contributed by atoms with van der Waals surface area (Å²) in [4.78, 5) is 29.8. The summed E-state index contributed by atoms with van der Waals surface area (Å²) in [7, 11) is -4.13. The molecule has 7 nitrogen and oxygen atoms in total. The average molecular weight is 649 g/mol. The van der Waals surface area contributed by atoms with E-state index in [1.165, 1.54) is 28.8 Å². The van der Waals surface area contributed by atoms with Crippen LogP contribution >= 0.6 is 35.0 Å². The molecule has 0 aliphatic heterocycles. The lowest BCUT2D eigenvalue weighted by molar-refractivity contribution is -0.139. The minimum Gasteiger partial charge on any atom is -0.352 e. The molecule has 0 spiro atoms. The van der Waals surface area contributed by atoms with Gasteiger partial charge in [-0.05, 0) is 87.0 Å². The Morgan fingerprint density at radius 1 is 0.976 bits per heavy atom. The number of nitrogens with zero attached hydrogens (tertiary/aromatic N) is 2. The number of carbonyl (C=O) groups is 2. The zero-order chi connectivity index (χ0) is 30.4. The van der Waals surface area contributed by atoms with Crippen LogP contribution < -0.4 is 9.62 Å². The summed E-state index contributed by atoms with van der Waals surface area (Å²) in [5, 5.41) is 3.76. The van der Waals surface area contributed by atoms with E-state index in [0.717, 1.165) is 40.4 Å². The Balaban J connectivity index is 1.69. The van der Waals surface area contributed by atoms with E-state index in [2.05, 4.69) is 5.32 Å². The molecule has 0 saturated heterocycles. The van der Waals surface area contributed by atoms with E-state index in [4.69, 9.17) is 23.2 Å². The van der Waals surface area contributed by atoms with Gasteiger partial charge in [0, 0.05) is 17.5 Å². The number of hydrogen-bond acceptors (Lipinski definition) is 5. The van der Waals surface area contributed by atoms with E-state index < -0.39 is 28.5 Å². The van der Waals surface area contributed by atoms with Crippen LogP contribution in [-0.4, -0.2) is 50.0 Å². The summed E-state index contributed by atoms with van der Waals surface area (Å²) >= 11 is 13.9. The second-order valence-corrected chi connectivity index (χ2v) is 14.0. The number of thioether (sulfide) groups is 1. The molecule has 1 unspecified atom stereocenters. The van der Waals surface area contributed by atoms with E-state index in [1.54, 1.807) is 61.5 Å². The Morgan fingerprint density at radius 2 is 1.62 bits per heavy atom. The van der Waals surface area contributed by atoms with Gasteiger partial charge in [0.15, 0.2) is 0 Å². The fourth-order valence-electron chi connectivity index (χ4n) is 4.92. The Bertz CT molecular complexity index is 1510. The number of hydrogen-bond donors (Lipinski definition) is 1. The molecule has 4 rings (SSSR count). The van der Waals surface area contributed by atoms with E-state index in [1.807, 2.05) is 13.2 Å². The maximum Gasteiger partial charge on any atom is 0.264 e. The van der Waals surface area contributed by atoms with Crippen molar-refractivity contribution in [1.82, 2.24) is 10.2 Å². The Morgan fingerprint density at radius 3 is 2.21 bits per heavy atom. The summed E-state index contributed by atoms with van der Waals surface area (Å²) in [6.07, 6.45) is 5.80. The minimum absolute atomic E-state index is 0.0409. The molecular weight excluding hydrogens is 613 g/mol. The minimum atomic E-state index is -4.13. The van der Waals surface area contributed by atoms with E-state index in [9.17, 15) is 18.0 Å². The van der Waals surface area contributed by atoms with Gasteiger partial charge in [0.2, 0.25) is 11.8 Å². The van der Waals surface area contributed by atoms with Crippen LogP contribution in [0.25, 0.3) is 0 Å². The van der Waals surface area contributed by atoms with Crippen molar-refractivity contribution in [2.75, 3.05) is 17.1 Å². The van der Waals surface area contributed by atoms with Gasteiger partial charge in [-0.1, -0.05) is 59.8 Å². The van der Waals surface area contributed by atoms with Crippen molar-refractivity contribution in [3.63, 3.8) is 0 Å². The van der Waals surface area contributed by atoms with E-state index in [-0.39, 0.29) is 23.4 Å². The first-order chi connectivity index (χ1) is 20.0. The number of carbonyl (C=O) groups excluding carboxylic acids is 2. The zero-order valence-corrected chi connectivity index (χ0v) is 27.0. The number of sulfonamides is 1. The van der Waals surface area contributed by atoms with Gasteiger partial charge in [-0.2, -0.15) is 0 Å². The molecule has 1 saturated carbocycles. The molecule has 3 aromatic rings. The van der Waals surface area contributed by atoms with Crippen LogP contribution in [0.15, 0.2) is 76.5 Å². The highest BCUT2D eigenvalue weighted by molar-refractivity contribution is 7.98. The lowest BCUT2D eigenvalue weighted by Crippen LogP contribution is -2.52. The number of nitrogens with one attached hydrogen (secondary N) is 1. The summed E-state index contributed by atoms with van der Waals surface area (Å²) in [5.41, 5.74) is 1.96. The molecule has 42 heavy (non-hydrogen) atoms. The molecular formula is C31H35Cl2N3O4S2. The number of rotatable bonds is 11. The van der Waals surface area contributed by atoms with Crippen molar-refractivity contribution in [3.8, 4) is 0 Å². The zero-order valence-electron chi connectivity index (χ0n) is 23.8. The lowest BCUT2D eigenvalue weighted by atomic mass is 10.1. The third-order valence-electron chi connectivity index (χ3n) is 7.45. The van der Waals surface area contributed by atoms with Crippen molar-refractivity contribution < 1.29 is 18.0 Å². The van der Waals surface area contributed by atoms with Gasteiger partial charge < -0.3 is 10.2 Å². The number of halogens is 2. The largest absolute Gasteiger partial charge is 0.352 e. The summed E-state index contributed by atoms with van der Waals surface area (Å²) in [6, 6.07) is 17.7. The van der Waals surface area contributed by atoms with Gasteiger partial charge in [0.05, 0.1) is 20.6 Å². The molecule has 1 N–H and O–H groups in total. The molecule has 3 aromatic carbocycles. The SMILES string of the molecule is CSc1ccc(S(=O)(=O)N(CC(=O)N(Cc2ccc(Cl)c(Cl)c2)C(C)C(=O)NC2CCCC2)c2ccc(C)cc2)cc1. The molecule has 0 radical (unpaired) electrons. The van der Waals surface area contributed by atoms with Crippen LogP contribution in [0.5, 0.6) is 0 Å². The maximum atomic E-state index is 14.1. The summed E-state index contributed by atoms with van der Waals surface area (Å²) < 4.78 is 29.1. The first-order valence-electron chi connectivity index (χ1n) is 13.8. The second kappa shape index (κ2) is 14.2. The predicted octanol–water partition coefficient (Wildman–Crippen LogP) is 6.70. The number of amides is 2. The molecule has 224 valence electrons. The normalized spacial score (nSPS) is 14.4. The molecule has 1 atom stereocenters. The van der Waals surface area contributed by atoms with Crippen molar-refractivity contribution in [2.24, 2.45) is 0 Å². The number of benzene rings is 3. The standard InChI is InChI=1S/C31H35Cl2N3O4S2/c1-21-8-11-25(12-9-21)36(42(39,40)27-15-13-26(41-3)14-16-27)20-30(37)35(19-23-10-17-28(32)29(33)18-23)22(2)31(38)34-24-6-4-5-7-24/h8-18,22,24H,4-7,19-20H2,1-3H3,(H,34,38). The van der Waals surface area contributed by atoms with Crippen molar-refractivity contribution in [1.29, 1.82) is 0 Å². The van der Waals surface area contributed by atoms with Crippen LogP contribution in [-0.2, 0) is 26.2 Å². The second-order valence-electron chi connectivity index (χ2n) is 10.5. The highest BCUT2D eigenvalue weighted by Crippen LogP contribution is 2.28. The fourth-order valence-corrected chi connectivity index (χ4v) is 7.07. The molecule has 2 amide bonds. The highest BCUT2D eigenvalue weighted by Gasteiger charge is 2.33. The molecule has 1 fully saturated rings. The first-order valence-corrected chi connectivity index (χ1v) is 17.2. The predicted molar refractivity (Wildman–Crippen MR) is 171 cm³/mol. The number of anilines is 1. The molecule has 11 heteroatoms. The van der Waals surface area contributed by atoms with Gasteiger partial charge >= 0.3 is 0 Å². The maximum absolute atomic E-state index is 14.1. The smallest absolute Gasteiger partial charge is 0.264 e. The van der Waals surface area contributed by atoms with E-state index in [0.29, 0.717) is 21.3 Å². The fraction of sp³-hybridized carbons (Fsp3) is 0.355. The van der Waals surface area contributed by atoms with Crippen LogP contribution in [0.1, 0.15) is 43.7 Å². The third-order valence-corrected chi connectivity index (χ3v) is 10.7. The molecule has 1 aliphatic carbocycles. The Hall–Kier alpha value is -2.72.